The third kappa shape index (κ3) is 1.48. The molecule has 72 valence electrons. The molecule has 3 heteroatoms. The van der Waals surface area contributed by atoms with E-state index in [1.165, 1.54) is 0 Å². The number of rotatable bonds is 1. The number of imidazole rings is 1. The minimum absolute atomic E-state index is 0.102. The maximum Gasteiger partial charge on any atom is 0.330 e. The Kier molecular flexibility index (Phi) is 2.00. The molecule has 0 aliphatic heterocycles. The maximum absolute atomic E-state index is 11.3. The Morgan fingerprint density at radius 1 is 1.14 bits per heavy atom. The molecule has 0 atom stereocenters. The Bertz CT molecular complexity index is 488. The second-order valence-electron chi connectivity index (χ2n) is 3.48. The second-order valence-corrected chi connectivity index (χ2v) is 3.48. The predicted octanol–water partition coefficient (Wildman–Crippen LogP) is 1.78. The molecule has 1 N–H and O–H groups in total. The van der Waals surface area contributed by atoms with Crippen molar-refractivity contribution in [3.05, 3.63) is 52.2 Å². The molecule has 3 nitrogen and oxygen atoms in total. The van der Waals surface area contributed by atoms with Gasteiger partial charge in [0, 0.05) is 12.4 Å². The van der Waals surface area contributed by atoms with Crippen molar-refractivity contribution in [2.45, 2.75) is 13.8 Å². The molecule has 0 fully saturated rings. The summed E-state index contributed by atoms with van der Waals surface area (Å²) in [6.07, 6.45) is 3.37. The van der Waals surface area contributed by atoms with Gasteiger partial charge < -0.3 is 4.98 Å². The molecule has 0 aliphatic carbocycles. The summed E-state index contributed by atoms with van der Waals surface area (Å²) in [6.45, 7) is 4.04. The van der Waals surface area contributed by atoms with Gasteiger partial charge in [-0.3, -0.25) is 4.57 Å². The molecule has 1 aromatic carbocycles. The molecule has 0 saturated heterocycles. The highest BCUT2D eigenvalue weighted by atomic mass is 16.1. The first kappa shape index (κ1) is 8.81. The van der Waals surface area contributed by atoms with Crippen molar-refractivity contribution in [1.29, 1.82) is 0 Å². The lowest BCUT2D eigenvalue weighted by Gasteiger charge is -2.04. The Labute approximate surface area is 82.0 Å². The van der Waals surface area contributed by atoms with Gasteiger partial charge in [-0.05, 0) is 37.1 Å². The minimum atomic E-state index is -0.102. The molecule has 0 aliphatic rings. The number of nitrogens with one attached hydrogen (secondary N) is 1. The van der Waals surface area contributed by atoms with E-state index in [-0.39, 0.29) is 5.69 Å². The molecule has 0 amide bonds. The fraction of sp³-hybridized carbons (Fsp3) is 0.182. The number of hydrogen-bond acceptors (Lipinski definition) is 1. The van der Waals surface area contributed by atoms with Crippen molar-refractivity contribution in [2.24, 2.45) is 0 Å². The Balaban J connectivity index is 2.63. The van der Waals surface area contributed by atoms with Crippen LogP contribution in [0.1, 0.15) is 11.1 Å². The van der Waals surface area contributed by atoms with Crippen LogP contribution in [0.4, 0.5) is 0 Å². The molecule has 0 spiro atoms. The molecule has 1 heterocycles. The molecule has 1 aromatic heterocycles. The summed E-state index contributed by atoms with van der Waals surface area (Å²) < 4.78 is 1.60. The van der Waals surface area contributed by atoms with Gasteiger partial charge in [0.05, 0.1) is 5.69 Å². The third-order valence-electron chi connectivity index (χ3n) is 2.13. The van der Waals surface area contributed by atoms with Crippen molar-refractivity contribution in [1.82, 2.24) is 9.55 Å². The number of aromatic nitrogens is 2. The molecule has 2 rings (SSSR count). The fourth-order valence-electron chi connectivity index (χ4n) is 1.61. The van der Waals surface area contributed by atoms with Crippen LogP contribution in [0.3, 0.4) is 0 Å². The van der Waals surface area contributed by atoms with Gasteiger partial charge in [0.2, 0.25) is 0 Å². The molecule has 0 saturated carbocycles. The standard InChI is InChI=1S/C11H12N2O/c1-8-5-9(2)7-10(6-8)13-4-3-12-11(13)14/h3-7H,1-2H3,(H,12,14). The summed E-state index contributed by atoms with van der Waals surface area (Å²) >= 11 is 0. The highest BCUT2D eigenvalue weighted by molar-refractivity contribution is 5.39. The van der Waals surface area contributed by atoms with Gasteiger partial charge >= 0.3 is 5.69 Å². The average molecular weight is 188 g/mol. The first-order valence-electron chi connectivity index (χ1n) is 4.51. The van der Waals surface area contributed by atoms with Gasteiger partial charge in [0.15, 0.2) is 0 Å². The summed E-state index contributed by atoms with van der Waals surface area (Å²) in [5, 5.41) is 0. The third-order valence-corrected chi connectivity index (χ3v) is 2.13. The van der Waals surface area contributed by atoms with Crippen LogP contribution < -0.4 is 5.69 Å². The lowest BCUT2D eigenvalue weighted by molar-refractivity contribution is 0.982. The van der Waals surface area contributed by atoms with E-state index in [1.807, 2.05) is 26.0 Å². The normalized spacial score (nSPS) is 10.4. The Morgan fingerprint density at radius 3 is 2.29 bits per heavy atom. The topological polar surface area (TPSA) is 37.8 Å². The van der Waals surface area contributed by atoms with Gasteiger partial charge in [-0.15, -0.1) is 0 Å². The number of hydrogen-bond donors (Lipinski definition) is 1. The number of H-pyrrole nitrogens is 1. The summed E-state index contributed by atoms with van der Waals surface area (Å²) in [4.78, 5) is 14.0. The molecule has 0 unspecified atom stereocenters. The van der Waals surface area contributed by atoms with Crippen molar-refractivity contribution in [2.75, 3.05) is 0 Å². The van der Waals surface area contributed by atoms with E-state index >= 15 is 0 Å². The molecule has 0 radical (unpaired) electrons. The number of nitrogens with zero attached hydrogens (tertiary/aromatic N) is 1. The molecule has 0 bridgehead atoms. The summed E-state index contributed by atoms with van der Waals surface area (Å²) in [6, 6.07) is 6.06. The summed E-state index contributed by atoms with van der Waals surface area (Å²) in [7, 11) is 0. The van der Waals surface area contributed by atoms with Crippen LogP contribution in [-0.4, -0.2) is 9.55 Å². The van der Waals surface area contributed by atoms with E-state index in [2.05, 4.69) is 11.1 Å². The van der Waals surface area contributed by atoms with E-state index in [9.17, 15) is 4.79 Å². The fourth-order valence-corrected chi connectivity index (χ4v) is 1.61. The molecular formula is C11H12N2O. The highest BCUT2D eigenvalue weighted by Crippen LogP contribution is 2.11. The molecule has 14 heavy (non-hydrogen) atoms. The number of aromatic amines is 1. The average Bonchev–Trinajstić information content (AvgIpc) is 2.49. The van der Waals surface area contributed by atoms with Crippen LogP contribution in [0.15, 0.2) is 35.4 Å². The van der Waals surface area contributed by atoms with Gasteiger partial charge in [-0.2, -0.15) is 0 Å². The zero-order chi connectivity index (χ0) is 10.1. The van der Waals surface area contributed by atoms with Gasteiger partial charge in [-0.25, -0.2) is 4.79 Å². The van der Waals surface area contributed by atoms with Gasteiger partial charge in [-0.1, -0.05) is 6.07 Å². The second kappa shape index (κ2) is 3.18. The van der Waals surface area contributed by atoms with Crippen molar-refractivity contribution in [3.63, 3.8) is 0 Å². The summed E-state index contributed by atoms with van der Waals surface area (Å²) in [5.74, 6) is 0. The van der Waals surface area contributed by atoms with Crippen molar-refractivity contribution < 1.29 is 0 Å². The van der Waals surface area contributed by atoms with E-state index < -0.39 is 0 Å². The Hall–Kier alpha value is -1.77. The quantitative estimate of drug-likeness (QED) is 0.727. The van der Waals surface area contributed by atoms with Crippen LogP contribution in [0.25, 0.3) is 5.69 Å². The number of aryl methyl sites for hydroxylation is 2. The molecular weight excluding hydrogens is 176 g/mol. The smallest absolute Gasteiger partial charge is 0.312 e. The van der Waals surface area contributed by atoms with E-state index in [0.29, 0.717) is 0 Å². The van der Waals surface area contributed by atoms with Gasteiger partial charge in [0.1, 0.15) is 0 Å². The van der Waals surface area contributed by atoms with E-state index in [0.717, 1.165) is 16.8 Å². The predicted molar refractivity (Wildman–Crippen MR) is 55.9 cm³/mol. The van der Waals surface area contributed by atoms with E-state index in [1.54, 1.807) is 17.0 Å². The van der Waals surface area contributed by atoms with Crippen LogP contribution in [0.2, 0.25) is 0 Å². The van der Waals surface area contributed by atoms with Crippen LogP contribution in [0, 0.1) is 13.8 Å². The number of benzene rings is 1. The first-order chi connectivity index (χ1) is 6.66. The molecule has 2 aromatic rings. The maximum atomic E-state index is 11.3. The monoisotopic (exact) mass is 188 g/mol. The highest BCUT2D eigenvalue weighted by Gasteiger charge is 2.00. The van der Waals surface area contributed by atoms with Crippen LogP contribution in [0.5, 0.6) is 0 Å². The SMILES string of the molecule is Cc1cc(C)cc(-n2cc[nH]c2=O)c1. The zero-order valence-corrected chi connectivity index (χ0v) is 8.24. The van der Waals surface area contributed by atoms with Gasteiger partial charge in [0.25, 0.3) is 0 Å². The van der Waals surface area contributed by atoms with E-state index in [4.69, 9.17) is 0 Å². The van der Waals surface area contributed by atoms with Crippen molar-refractivity contribution >= 4 is 0 Å². The largest absolute Gasteiger partial charge is 0.330 e. The lowest BCUT2D eigenvalue weighted by Crippen LogP contribution is -2.14. The van der Waals surface area contributed by atoms with Crippen LogP contribution in [-0.2, 0) is 0 Å². The van der Waals surface area contributed by atoms with Crippen LogP contribution >= 0.6 is 0 Å². The zero-order valence-electron chi connectivity index (χ0n) is 8.24. The lowest BCUT2D eigenvalue weighted by atomic mass is 10.1. The van der Waals surface area contributed by atoms with Crippen molar-refractivity contribution in [3.8, 4) is 5.69 Å². The summed E-state index contributed by atoms with van der Waals surface area (Å²) in [5.41, 5.74) is 3.13. The Morgan fingerprint density at radius 2 is 1.79 bits per heavy atom. The first-order valence-corrected chi connectivity index (χ1v) is 4.51. The minimum Gasteiger partial charge on any atom is -0.312 e.